The van der Waals surface area contributed by atoms with Gasteiger partial charge in [-0.1, -0.05) is 6.92 Å². The standard InChI is InChI=1S/C14H26N4/c1-4-14(2,18-8-5-6-9-18)13(15)11-12-7-10-17(3)16-12/h7,10,13H,4-6,8-9,11,15H2,1-3H3. The molecule has 2 rings (SSSR count). The third-order valence-electron chi connectivity index (χ3n) is 4.54. The van der Waals surface area contributed by atoms with Gasteiger partial charge in [-0.2, -0.15) is 5.10 Å². The molecular weight excluding hydrogens is 224 g/mol. The zero-order valence-electron chi connectivity index (χ0n) is 11.9. The number of nitrogens with zero attached hydrogens (tertiary/aromatic N) is 3. The van der Waals surface area contributed by atoms with E-state index in [2.05, 4.69) is 29.9 Å². The molecule has 1 fully saturated rings. The first kappa shape index (κ1) is 13.6. The molecule has 1 aliphatic heterocycles. The third-order valence-corrected chi connectivity index (χ3v) is 4.54. The molecule has 0 radical (unpaired) electrons. The number of aryl methyl sites for hydroxylation is 1. The maximum atomic E-state index is 6.49. The first-order valence-corrected chi connectivity index (χ1v) is 7.05. The molecule has 2 unspecified atom stereocenters. The van der Waals surface area contributed by atoms with E-state index in [-0.39, 0.29) is 11.6 Å². The predicted octanol–water partition coefficient (Wildman–Crippen LogP) is 1.55. The molecule has 1 aromatic rings. The summed E-state index contributed by atoms with van der Waals surface area (Å²) in [6.07, 6.45) is 6.57. The summed E-state index contributed by atoms with van der Waals surface area (Å²) in [5, 5.41) is 4.44. The van der Waals surface area contributed by atoms with E-state index < -0.39 is 0 Å². The second kappa shape index (κ2) is 5.41. The fraction of sp³-hybridized carbons (Fsp3) is 0.786. The molecule has 2 atom stereocenters. The Labute approximate surface area is 110 Å². The van der Waals surface area contributed by atoms with Crippen molar-refractivity contribution in [1.29, 1.82) is 0 Å². The van der Waals surface area contributed by atoms with E-state index in [0.717, 1.165) is 18.5 Å². The summed E-state index contributed by atoms with van der Waals surface area (Å²) < 4.78 is 1.85. The van der Waals surface area contributed by atoms with Crippen LogP contribution in [0.15, 0.2) is 12.3 Å². The molecule has 0 saturated carbocycles. The first-order chi connectivity index (χ1) is 8.56. The molecule has 0 bridgehead atoms. The fourth-order valence-electron chi connectivity index (χ4n) is 2.97. The van der Waals surface area contributed by atoms with Gasteiger partial charge in [0.2, 0.25) is 0 Å². The molecule has 0 aromatic carbocycles. The number of nitrogens with two attached hydrogens (primary N) is 1. The smallest absolute Gasteiger partial charge is 0.0640 e. The zero-order chi connectivity index (χ0) is 13.2. The van der Waals surface area contributed by atoms with E-state index in [4.69, 9.17) is 5.73 Å². The monoisotopic (exact) mass is 250 g/mol. The molecule has 1 aromatic heterocycles. The van der Waals surface area contributed by atoms with Gasteiger partial charge in [0.05, 0.1) is 5.69 Å². The van der Waals surface area contributed by atoms with Crippen molar-refractivity contribution >= 4 is 0 Å². The number of rotatable bonds is 5. The third kappa shape index (κ3) is 2.59. The van der Waals surface area contributed by atoms with Crippen LogP contribution in [0.4, 0.5) is 0 Å². The molecule has 0 aliphatic carbocycles. The average molecular weight is 250 g/mol. The van der Waals surface area contributed by atoms with E-state index in [9.17, 15) is 0 Å². The van der Waals surface area contributed by atoms with Crippen molar-refractivity contribution in [2.24, 2.45) is 12.8 Å². The topological polar surface area (TPSA) is 47.1 Å². The van der Waals surface area contributed by atoms with Crippen LogP contribution < -0.4 is 5.73 Å². The van der Waals surface area contributed by atoms with Crippen molar-refractivity contribution < 1.29 is 0 Å². The first-order valence-electron chi connectivity index (χ1n) is 7.05. The van der Waals surface area contributed by atoms with Crippen LogP contribution in [0.25, 0.3) is 0 Å². The second-order valence-corrected chi connectivity index (χ2v) is 5.70. The minimum Gasteiger partial charge on any atom is -0.326 e. The summed E-state index contributed by atoms with van der Waals surface area (Å²) in [4.78, 5) is 2.57. The molecule has 0 spiro atoms. The molecule has 18 heavy (non-hydrogen) atoms. The van der Waals surface area contributed by atoms with Gasteiger partial charge in [0, 0.05) is 31.2 Å². The summed E-state index contributed by atoms with van der Waals surface area (Å²) in [5.41, 5.74) is 7.70. The SMILES string of the molecule is CCC(C)(C(N)Cc1ccn(C)n1)N1CCCC1. The van der Waals surface area contributed by atoms with Gasteiger partial charge in [-0.05, 0) is 45.3 Å². The predicted molar refractivity (Wildman–Crippen MR) is 74.4 cm³/mol. The Hall–Kier alpha value is -0.870. The molecule has 102 valence electrons. The van der Waals surface area contributed by atoms with Crippen LogP contribution in [0.1, 0.15) is 38.8 Å². The maximum Gasteiger partial charge on any atom is 0.0640 e. The van der Waals surface area contributed by atoms with Gasteiger partial charge in [-0.25, -0.2) is 0 Å². The Morgan fingerprint density at radius 1 is 1.44 bits per heavy atom. The van der Waals surface area contributed by atoms with Crippen molar-refractivity contribution in [3.8, 4) is 0 Å². The van der Waals surface area contributed by atoms with Gasteiger partial charge >= 0.3 is 0 Å². The van der Waals surface area contributed by atoms with E-state index in [0.29, 0.717) is 0 Å². The highest BCUT2D eigenvalue weighted by molar-refractivity contribution is 5.06. The lowest BCUT2D eigenvalue weighted by Crippen LogP contribution is -2.57. The van der Waals surface area contributed by atoms with Crippen molar-refractivity contribution in [3.05, 3.63) is 18.0 Å². The Kier molecular flexibility index (Phi) is 4.07. The molecule has 1 saturated heterocycles. The lowest BCUT2D eigenvalue weighted by Gasteiger charge is -2.42. The van der Waals surface area contributed by atoms with Gasteiger partial charge in [0.1, 0.15) is 0 Å². The molecule has 2 heterocycles. The maximum absolute atomic E-state index is 6.49. The summed E-state index contributed by atoms with van der Waals surface area (Å²) in [6, 6.07) is 2.22. The molecular formula is C14H26N4. The second-order valence-electron chi connectivity index (χ2n) is 5.70. The van der Waals surface area contributed by atoms with Crippen LogP contribution in [0.2, 0.25) is 0 Å². The molecule has 1 aliphatic rings. The van der Waals surface area contributed by atoms with Gasteiger partial charge in [0.15, 0.2) is 0 Å². The number of hydrogen-bond donors (Lipinski definition) is 1. The highest BCUT2D eigenvalue weighted by atomic mass is 15.3. The summed E-state index contributed by atoms with van der Waals surface area (Å²) >= 11 is 0. The van der Waals surface area contributed by atoms with Crippen molar-refractivity contribution in [2.45, 2.75) is 51.1 Å². The Balaban J connectivity index is 2.06. The van der Waals surface area contributed by atoms with Gasteiger partial charge in [0.25, 0.3) is 0 Å². The van der Waals surface area contributed by atoms with E-state index in [1.165, 1.54) is 25.9 Å². The summed E-state index contributed by atoms with van der Waals surface area (Å²) in [6.45, 7) is 6.95. The minimum absolute atomic E-state index is 0.105. The molecule has 0 amide bonds. The quantitative estimate of drug-likeness (QED) is 0.862. The van der Waals surface area contributed by atoms with Crippen LogP contribution in [-0.2, 0) is 13.5 Å². The highest BCUT2D eigenvalue weighted by Gasteiger charge is 2.37. The molecule has 4 heteroatoms. The largest absolute Gasteiger partial charge is 0.326 e. The zero-order valence-corrected chi connectivity index (χ0v) is 11.9. The lowest BCUT2D eigenvalue weighted by atomic mass is 9.85. The van der Waals surface area contributed by atoms with Crippen LogP contribution in [-0.4, -0.2) is 39.4 Å². The van der Waals surface area contributed by atoms with Crippen LogP contribution in [0, 0.1) is 0 Å². The Morgan fingerprint density at radius 2 is 2.11 bits per heavy atom. The van der Waals surface area contributed by atoms with Crippen molar-refractivity contribution in [2.75, 3.05) is 13.1 Å². The minimum atomic E-state index is 0.105. The number of likely N-dealkylation sites (tertiary alicyclic amines) is 1. The van der Waals surface area contributed by atoms with Gasteiger partial charge in [-0.15, -0.1) is 0 Å². The Bertz CT molecular complexity index is 381. The number of hydrogen-bond acceptors (Lipinski definition) is 3. The molecule has 4 nitrogen and oxygen atoms in total. The Morgan fingerprint density at radius 3 is 2.61 bits per heavy atom. The van der Waals surface area contributed by atoms with Crippen LogP contribution >= 0.6 is 0 Å². The lowest BCUT2D eigenvalue weighted by molar-refractivity contribution is 0.0994. The normalized spacial score (nSPS) is 22.0. The van der Waals surface area contributed by atoms with E-state index in [1.807, 2.05) is 17.9 Å². The van der Waals surface area contributed by atoms with Crippen LogP contribution in [0.3, 0.4) is 0 Å². The van der Waals surface area contributed by atoms with E-state index in [1.54, 1.807) is 0 Å². The fourth-order valence-corrected chi connectivity index (χ4v) is 2.97. The summed E-state index contributed by atoms with van der Waals surface area (Å²) in [5.74, 6) is 0. The van der Waals surface area contributed by atoms with Crippen LogP contribution in [0.5, 0.6) is 0 Å². The average Bonchev–Trinajstić information content (AvgIpc) is 2.99. The van der Waals surface area contributed by atoms with E-state index >= 15 is 0 Å². The van der Waals surface area contributed by atoms with Crippen molar-refractivity contribution in [3.63, 3.8) is 0 Å². The van der Waals surface area contributed by atoms with Gasteiger partial charge in [-0.3, -0.25) is 9.58 Å². The number of aromatic nitrogens is 2. The highest BCUT2D eigenvalue weighted by Crippen LogP contribution is 2.28. The van der Waals surface area contributed by atoms with Crippen molar-refractivity contribution in [1.82, 2.24) is 14.7 Å². The van der Waals surface area contributed by atoms with Gasteiger partial charge < -0.3 is 5.73 Å². The molecule has 2 N–H and O–H groups in total. The summed E-state index contributed by atoms with van der Waals surface area (Å²) in [7, 11) is 1.95.